The Morgan fingerprint density at radius 1 is 0.652 bits per heavy atom. The molecule has 2 amide bonds. The normalized spacial score (nSPS) is 18.4. The van der Waals surface area contributed by atoms with Crippen molar-refractivity contribution < 1.29 is 9.59 Å². The zero-order chi connectivity index (χ0) is 16.3. The van der Waals surface area contributed by atoms with Gasteiger partial charge in [0.1, 0.15) is 0 Å². The third kappa shape index (κ3) is 7.61. The summed E-state index contributed by atoms with van der Waals surface area (Å²) in [4.78, 5) is 26.9. The van der Waals surface area contributed by atoms with Gasteiger partial charge in [0.2, 0.25) is 11.8 Å². The van der Waals surface area contributed by atoms with Crippen molar-refractivity contribution in [3.05, 3.63) is 0 Å². The lowest BCUT2D eigenvalue weighted by Crippen LogP contribution is -2.27. The number of hydrogen-bond acceptors (Lipinski definition) is 5. The number of amides is 2. The molecule has 0 N–H and O–H groups in total. The quantitative estimate of drug-likeness (QED) is 0.489. The van der Waals surface area contributed by atoms with Crippen molar-refractivity contribution in [1.29, 1.82) is 0 Å². The van der Waals surface area contributed by atoms with Crippen molar-refractivity contribution in [1.82, 2.24) is 9.80 Å². The molecule has 0 aliphatic carbocycles. The van der Waals surface area contributed by atoms with Crippen molar-refractivity contribution in [2.45, 2.75) is 25.7 Å². The minimum absolute atomic E-state index is 0.340. The van der Waals surface area contributed by atoms with Gasteiger partial charge in [-0.1, -0.05) is 0 Å². The highest BCUT2D eigenvalue weighted by molar-refractivity contribution is 8.04. The van der Waals surface area contributed by atoms with Crippen molar-refractivity contribution in [2.24, 2.45) is 0 Å². The summed E-state index contributed by atoms with van der Waals surface area (Å²) in [6.07, 6.45) is 3.60. The predicted octanol–water partition coefficient (Wildman–Crippen LogP) is 2.43. The largest absolute Gasteiger partial charge is 0.342 e. The van der Waals surface area contributed by atoms with Gasteiger partial charge in [-0.15, -0.1) is 0 Å². The van der Waals surface area contributed by atoms with E-state index in [1.165, 1.54) is 23.0 Å². The first-order valence-corrected chi connectivity index (χ1v) is 12.0. The van der Waals surface area contributed by atoms with Gasteiger partial charge in [-0.2, -0.15) is 35.3 Å². The highest BCUT2D eigenvalue weighted by Gasteiger charge is 2.19. The Labute approximate surface area is 152 Å². The van der Waals surface area contributed by atoms with E-state index < -0.39 is 0 Å². The summed E-state index contributed by atoms with van der Waals surface area (Å²) >= 11 is 5.94. The Balaban J connectivity index is 1.30. The summed E-state index contributed by atoms with van der Waals surface area (Å²) in [5.41, 5.74) is 0. The monoisotopic (exact) mass is 376 g/mol. The zero-order valence-electron chi connectivity index (χ0n) is 13.8. The van der Waals surface area contributed by atoms with Crippen LogP contribution in [0.25, 0.3) is 0 Å². The Bertz CT molecular complexity index is 348. The van der Waals surface area contributed by atoms with Crippen molar-refractivity contribution in [2.75, 3.05) is 60.7 Å². The van der Waals surface area contributed by atoms with E-state index in [4.69, 9.17) is 0 Å². The average molecular weight is 377 g/mol. The molecule has 2 rings (SSSR count). The highest BCUT2D eigenvalue weighted by atomic mass is 32.2. The topological polar surface area (TPSA) is 40.6 Å². The van der Waals surface area contributed by atoms with E-state index >= 15 is 0 Å². The third-order valence-corrected chi connectivity index (χ3v) is 7.53. The maximum absolute atomic E-state index is 11.5. The van der Waals surface area contributed by atoms with E-state index in [9.17, 15) is 9.59 Å². The van der Waals surface area contributed by atoms with Crippen LogP contribution in [0.3, 0.4) is 0 Å². The van der Waals surface area contributed by atoms with Gasteiger partial charge in [-0.25, -0.2) is 0 Å². The Kier molecular flexibility index (Phi) is 9.68. The second-order valence-electron chi connectivity index (χ2n) is 5.81. The van der Waals surface area contributed by atoms with E-state index in [2.05, 4.69) is 0 Å². The fourth-order valence-corrected chi connectivity index (χ4v) is 5.97. The third-order valence-electron chi connectivity index (χ3n) is 4.10. The number of thioether (sulfide) groups is 3. The van der Waals surface area contributed by atoms with Crippen molar-refractivity contribution in [3.63, 3.8) is 0 Å². The van der Waals surface area contributed by atoms with E-state index in [0.717, 1.165) is 63.4 Å². The molecule has 0 aromatic carbocycles. The number of carbonyl (C=O) groups is 2. The molecule has 0 unspecified atom stereocenters. The number of nitrogens with zero attached hydrogens (tertiary/aromatic N) is 2. The SMILES string of the molecule is O=C1CCCN1CCSCCSCCSCCN1CCCC1=O. The predicted molar refractivity (Wildman–Crippen MR) is 104 cm³/mol. The van der Waals surface area contributed by atoms with Crippen molar-refractivity contribution in [3.8, 4) is 0 Å². The van der Waals surface area contributed by atoms with Gasteiger partial charge in [-0.05, 0) is 12.8 Å². The molecular weight excluding hydrogens is 348 g/mol. The minimum atomic E-state index is 0.340. The maximum Gasteiger partial charge on any atom is 0.222 e. The van der Waals surface area contributed by atoms with Gasteiger partial charge < -0.3 is 9.80 Å². The lowest BCUT2D eigenvalue weighted by Gasteiger charge is -2.15. The van der Waals surface area contributed by atoms with Crippen LogP contribution in [0.15, 0.2) is 0 Å². The fourth-order valence-electron chi connectivity index (χ4n) is 2.77. The van der Waals surface area contributed by atoms with Crippen LogP contribution >= 0.6 is 35.3 Å². The molecule has 0 saturated carbocycles. The summed E-state index contributed by atoms with van der Waals surface area (Å²) < 4.78 is 0. The van der Waals surface area contributed by atoms with Gasteiger partial charge >= 0.3 is 0 Å². The lowest BCUT2D eigenvalue weighted by molar-refractivity contribution is -0.128. The van der Waals surface area contributed by atoms with Gasteiger partial charge in [-0.3, -0.25) is 9.59 Å². The second kappa shape index (κ2) is 11.5. The molecular formula is C16H28N2O2S3. The maximum atomic E-state index is 11.5. The van der Waals surface area contributed by atoms with Crippen LogP contribution in [0, 0.1) is 0 Å². The zero-order valence-corrected chi connectivity index (χ0v) is 16.3. The molecule has 132 valence electrons. The van der Waals surface area contributed by atoms with Crippen LogP contribution in [-0.2, 0) is 9.59 Å². The molecule has 2 saturated heterocycles. The number of hydrogen-bond donors (Lipinski definition) is 0. The average Bonchev–Trinajstić information content (AvgIpc) is 3.14. The molecule has 0 aromatic heterocycles. The van der Waals surface area contributed by atoms with Crippen LogP contribution in [0.2, 0.25) is 0 Å². The molecule has 23 heavy (non-hydrogen) atoms. The highest BCUT2D eigenvalue weighted by Crippen LogP contribution is 2.14. The summed E-state index contributed by atoms with van der Waals surface area (Å²) in [6.45, 7) is 3.79. The van der Waals surface area contributed by atoms with E-state index in [0.29, 0.717) is 11.8 Å². The molecule has 0 radical (unpaired) electrons. The molecule has 7 heteroatoms. The van der Waals surface area contributed by atoms with E-state index in [1.807, 2.05) is 45.1 Å². The first kappa shape index (κ1) is 19.3. The molecule has 0 bridgehead atoms. The summed E-state index contributed by atoms with van der Waals surface area (Å²) in [7, 11) is 0. The first-order chi connectivity index (χ1) is 11.3. The molecule has 2 aliphatic rings. The number of carbonyl (C=O) groups excluding carboxylic acids is 2. The fraction of sp³-hybridized carbons (Fsp3) is 0.875. The van der Waals surface area contributed by atoms with Crippen molar-refractivity contribution >= 4 is 47.1 Å². The molecule has 2 heterocycles. The minimum Gasteiger partial charge on any atom is -0.342 e. The molecule has 4 nitrogen and oxygen atoms in total. The Morgan fingerprint density at radius 3 is 1.39 bits per heavy atom. The first-order valence-electron chi connectivity index (χ1n) is 8.56. The van der Waals surface area contributed by atoms with Gasteiger partial charge in [0.15, 0.2) is 0 Å². The second-order valence-corrected chi connectivity index (χ2v) is 9.48. The van der Waals surface area contributed by atoms with Crippen LogP contribution in [0.1, 0.15) is 25.7 Å². The molecule has 0 spiro atoms. The standard InChI is InChI=1S/C16H28N2O2S3/c19-15-3-1-5-17(15)7-9-21-11-13-23-14-12-22-10-8-18-6-2-4-16(18)20/h1-14H2. The van der Waals surface area contributed by atoms with Gasteiger partial charge in [0.05, 0.1) is 0 Å². The Morgan fingerprint density at radius 2 is 1.04 bits per heavy atom. The molecule has 0 atom stereocenters. The molecule has 0 aromatic rings. The lowest BCUT2D eigenvalue weighted by atomic mass is 10.4. The van der Waals surface area contributed by atoms with Gasteiger partial charge in [0.25, 0.3) is 0 Å². The molecule has 2 aliphatic heterocycles. The Hall–Kier alpha value is -0.0100. The number of likely N-dealkylation sites (tertiary alicyclic amines) is 2. The summed E-state index contributed by atoms with van der Waals surface area (Å²) in [5, 5.41) is 0. The van der Waals surface area contributed by atoms with Crippen LogP contribution in [0.5, 0.6) is 0 Å². The van der Waals surface area contributed by atoms with E-state index in [-0.39, 0.29) is 0 Å². The van der Waals surface area contributed by atoms with Crippen LogP contribution in [0.4, 0.5) is 0 Å². The molecule has 2 fully saturated rings. The van der Waals surface area contributed by atoms with Gasteiger partial charge in [0, 0.05) is 73.5 Å². The van der Waals surface area contributed by atoms with Crippen LogP contribution in [-0.4, -0.2) is 82.3 Å². The smallest absolute Gasteiger partial charge is 0.222 e. The van der Waals surface area contributed by atoms with Crippen LogP contribution < -0.4 is 0 Å². The van der Waals surface area contributed by atoms with E-state index in [1.54, 1.807) is 0 Å². The number of rotatable bonds is 12. The summed E-state index contributed by atoms with van der Waals surface area (Å²) in [5.74, 6) is 7.59. The summed E-state index contributed by atoms with van der Waals surface area (Å²) in [6, 6.07) is 0.